The average Bonchev–Trinajstić information content (AvgIpc) is 3.05. The minimum Gasteiger partial charge on any atom is -0.493 e. The SMILES string of the molecule is CNC(CC1CCCO1)c1cc(Br)cc2c1OCC2. The molecule has 0 aliphatic carbocycles. The summed E-state index contributed by atoms with van der Waals surface area (Å²) in [6.07, 6.45) is 4.78. The first-order valence-electron chi connectivity index (χ1n) is 7.02. The van der Waals surface area contributed by atoms with Gasteiger partial charge in [0.05, 0.1) is 12.7 Å². The Morgan fingerprint density at radius 1 is 1.42 bits per heavy atom. The second kappa shape index (κ2) is 5.81. The van der Waals surface area contributed by atoms with Gasteiger partial charge < -0.3 is 14.8 Å². The minimum absolute atomic E-state index is 0.299. The lowest BCUT2D eigenvalue weighted by molar-refractivity contribution is 0.0951. The zero-order valence-electron chi connectivity index (χ0n) is 11.2. The molecule has 2 aliphatic rings. The normalized spacial score (nSPS) is 23.2. The van der Waals surface area contributed by atoms with E-state index in [9.17, 15) is 0 Å². The lowest BCUT2D eigenvalue weighted by Crippen LogP contribution is -2.22. The largest absolute Gasteiger partial charge is 0.493 e. The molecule has 0 radical (unpaired) electrons. The third kappa shape index (κ3) is 2.81. The van der Waals surface area contributed by atoms with Gasteiger partial charge in [-0.1, -0.05) is 15.9 Å². The number of rotatable bonds is 4. The van der Waals surface area contributed by atoms with E-state index in [2.05, 4.69) is 33.4 Å². The minimum atomic E-state index is 0.299. The smallest absolute Gasteiger partial charge is 0.127 e. The van der Waals surface area contributed by atoms with Crippen LogP contribution in [0.4, 0.5) is 0 Å². The monoisotopic (exact) mass is 325 g/mol. The van der Waals surface area contributed by atoms with E-state index < -0.39 is 0 Å². The van der Waals surface area contributed by atoms with Crippen molar-refractivity contribution in [2.24, 2.45) is 0 Å². The maximum atomic E-state index is 5.83. The van der Waals surface area contributed by atoms with Crippen molar-refractivity contribution in [2.45, 2.75) is 37.8 Å². The standard InChI is InChI=1S/C15H20BrNO2/c1-17-14(9-12-3-2-5-18-12)13-8-11(16)7-10-4-6-19-15(10)13/h7-8,12,14,17H,2-6,9H2,1H3. The van der Waals surface area contributed by atoms with Gasteiger partial charge in [0.15, 0.2) is 0 Å². The second-order valence-corrected chi connectivity index (χ2v) is 6.21. The van der Waals surface area contributed by atoms with E-state index in [1.807, 2.05) is 7.05 Å². The predicted octanol–water partition coefficient (Wildman–Crippen LogP) is 3.21. The summed E-state index contributed by atoms with van der Waals surface area (Å²) in [5.41, 5.74) is 2.58. The molecule has 4 heteroatoms. The van der Waals surface area contributed by atoms with E-state index in [0.717, 1.165) is 36.3 Å². The zero-order chi connectivity index (χ0) is 13.2. The van der Waals surface area contributed by atoms with Crippen LogP contribution < -0.4 is 10.1 Å². The Balaban J connectivity index is 1.86. The molecule has 0 spiro atoms. The van der Waals surface area contributed by atoms with Crippen LogP contribution in [0, 0.1) is 0 Å². The quantitative estimate of drug-likeness (QED) is 0.922. The highest BCUT2D eigenvalue weighted by Gasteiger charge is 2.26. The molecule has 2 atom stereocenters. The third-order valence-corrected chi connectivity index (χ3v) is 4.48. The van der Waals surface area contributed by atoms with E-state index in [4.69, 9.17) is 9.47 Å². The van der Waals surface area contributed by atoms with Crippen LogP contribution in [0.25, 0.3) is 0 Å². The Labute approximate surface area is 122 Å². The summed E-state index contributed by atoms with van der Waals surface area (Å²) in [6.45, 7) is 1.71. The number of ether oxygens (including phenoxy) is 2. The van der Waals surface area contributed by atoms with Crippen molar-refractivity contribution in [1.82, 2.24) is 5.32 Å². The van der Waals surface area contributed by atoms with Crippen molar-refractivity contribution in [3.05, 3.63) is 27.7 Å². The third-order valence-electron chi connectivity index (χ3n) is 4.02. The van der Waals surface area contributed by atoms with E-state index in [0.29, 0.717) is 12.1 Å². The van der Waals surface area contributed by atoms with E-state index in [1.54, 1.807) is 0 Å². The molecule has 2 aliphatic heterocycles. The van der Waals surface area contributed by atoms with E-state index in [-0.39, 0.29) is 0 Å². The fraction of sp³-hybridized carbons (Fsp3) is 0.600. The Bertz CT molecular complexity index is 458. The molecular weight excluding hydrogens is 306 g/mol. The molecule has 1 fully saturated rings. The van der Waals surface area contributed by atoms with Crippen molar-refractivity contribution in [3.63, 3.8) is 0 Å². The van der Waals surface area contributed by atoms with Crippen molar-refractivity contribution < 1.29 is 9.47 Å². The molecule has 3 rings (SSSR count). The molecule has 0 amide bonds. The molecule has 104 valence electrons. The molecule has 0 saturated carbocycles. The first-order valence-corrected chi connectivity index (χ1v) is 7.81. The first kappa shape index (κ1) is 13.4. The number of halogens is 1. The van der Waals surface area contributed by atoms with Gasteiger partial charge in [0.2, 0.25) is 0 Å². The van der Waals surface area contributed by atoms with E-state index >= 15 is 0 Å². The Hall–Kier alpha value is -0.580. The van der Waals surface area contributed by atoms with Gasteiger partial charge >= 0.3 is 0 Å². The van der Waals surface area contributed by atoms with Crippen molar-refractivity contribution in [2.75, 3.05) is 20.3 Å². The number of fused-ring (bicyclic) bond motifs is 1. The van der Waals surface area contributed by atoms with E-state index in [1.165, 1.54) is 24.0 Å². The summed E-state index contributed by atoms with van der Waals surface area (Å²) in [4.78, 5) is 0. The van der Waals surface area contributed by atoms with Gasteiger partial charge in [0.1, 0.15) is 5.75 Å². The molecule has 2 heterocycles. The fourth-order valence-electron chi connectivity index (χ4n) is 3.05. The lowest BCUT2D eigenvalue weighted by atomic mass is 9.96. The molecule has 19 heavy (non-hydrogen) atoms. The second-order valence-electron chi connectivity index (χ2n) is 5.29. The number of benzene rings is 1. The molecule has 3 nitrogen and oxygen atoms in total. The molecule has 0 aromatic heterocycles. The topological polar surface area (TPSA) is 30.5 Å². The fourth-order valence-corrected chi connectivity index (χ4v) is 3.57. The van der Waals surface area contributed by atoms with Crippen LogP contribution in [0.5, 0.6) is 5.75 Å². The Morgan fingerprint density at radius 2 is 2.32 bits per heavy atom. The summed E-state index contributed by atoms with van der Waals surface area (Å²) < 4.78 is 12.7. The summed E-state index contributed by atoms with van der Waals surface area (Å²) in [6, 6.07) is 4.65. The van der Waals surface area contributed by atoms with Crippen molar-refractivity contribution in [1.29, 1.82) is 0 Å². The van der Waals surface area contributed by atoms with Crippen LogP contribution in [0.3, 0.4) is 0 Å². The van der Waals surface area contributed by atoms with Crippen LogP contribution in [-0.4, -0.2) is 26.4 Å². The Morgan fingerprint density at radius 3 is 3.05 bits per heavy atom. The first-order chi connectivity index (χ1) is 9.28. The van der Waals surface area contributed by atoms with Gasteiger partial charge in [-0.05, 0) is 44.0 Å². The Kier molecular flexibility index (Phi) is 4.10. The number of hydrogen-bond donors (Lipinski definition) is 1. The molecule has 1 aromatic rings. The van der Waals surface area contributed by atoms with Crippen LogP contribution in [0.15, 0.2) is 16.6 Å². The highest BCUT2D eigenvalue weighted by atomic mass is 79.9. The van der Waals surface area contributed by atoms with Crippen molar-refractivity contribution >= 4 is 15.9 Å². The van der Waals surface area contributed by atoms with Gasteiger partial charge in [-0.2, -0.15) is 0 Å². The summed E-state index contributed by atoms with van der Waals surface area (Å²) in [5, 5.41) is 3.42. The lowest BCUT2D eigenvalue weighted by Gasteiger charge is -2.22. The van der Waals surface area contributed by atoms with Crippen LogP contribution in [0.2, 0.25) is 0 Å². The van der Waals surface area contributed by atoms with Gasteiger partial charge in [0, 0.05) is 29.1 Å². The molecule has 0 bridgehead atoms. The average molecular weight is 326 g/mol. The van der Waals surface area contributed by atoms with Crippen LogP contribution >= 0.6 is 15.9 Å². The van der Waals surface area contributed by atoms with Gasteiger partial charge in [-0.3, -0.25) is 0 Å². The highest BCUT2D eigenvalue weighted by molar-refractivity contribution is 9.10. The van der Waals surface area contributed by atoms with Crippen LogP contribution in [0.1, 0.15) is 36.4 Å². The molecule has 2 unspecified atom stereocenters. The number of nitrogens with one attached hydrogen (secondary N) is 1. The summed E-state index contributed by atoms with van der Waals surface area (Å²) in [7, 11) is 2.02. The van der Waals surface area contributed by atoms with Gasteiger partial charge in [0.25, 0.3) is 0 Å². The highest BCUT2D eigenvalue weighted by Crippen LogP contribution is 2.38. The predicted molar refractivity (Wildman–Crippen MR) is 78.7 cm³/mol. The maximum Gasteiger partial charge on any atom is 0.127 e. The molecule has 1 N–H and O–H groups in total. The summed E-state index contributed by atoms with van der Waals surface area (Å²) in [5.74, 6) is 1.08. The van der Waals surface area contributed by atoms with Crippen molar-refractivity contribution in [3.8, 4) is 5.75 Å². The maximum absolute atomic E-state index is 5.83. The van der Waals surface area contributed by atoms with Crippen LogP contribution in [-0.2, 0) is 11.2 Å². The number of hydrogen-bond acceptors (Lipinski definition) is 3. The molecular formula is C15H20BrNO2. The molecule has 1 aromatic carbocycles. The summed E-state index contributed by atoms with van der Waals surface area (Å²) >= 11 is 3.61. The van der Waals surface area contributed by atoms with Gasteiger partial charge in [-0.15, -0.1) is 0 Å². The zero-order valence-corrected chi connectivity index (χ0v) is 12.8. The molecule has 1 saturated heterocycles. The van der Waals surface area contributed by atoms with Gasteiger partial charge in [-0.25, -0.2) is 0 Å².